The van der Waals surface area contributed by atoms with Gasteiger partial charge in [-0.05, 0) is 54.7 Å². The number of hydrogen-bond acceptors (Lipinski definition) is 5. The van der Waals surface area contributed by atoms with Crippen molar-refractivity contribution in [2.24, 2.45) is 0 Å². The number of rotatable bonds is 9. The first-order valence-corrected chi connectivity index (χ1v) is 12.4. The van der Waals surface area contributed by atoms with Gasteiger partial charge in [-0.3, -0.25) is 9.59 Å². The second-order valence-electron chi connectivity index (χ2n) is 9.95. The number of ether oxygens (including phenoxy) is 1. The van der Waals surface area contributed by atoms with E-state index in [0.29, 0.717) is 17.9 Å². The SMILES string of the molecule is CCN(CC)CCCN1C(=O)C(=O)/C(=C(/O)c2ccccc2OC)C1c1ccc(C(C)(C)C)cc1. The van der Waals surface area contributed by atoms with Crippen LogP contribution in [0.15, 0.2) is 54.1 Å². The third kappa shape index (κ3) is 5.59. The summed E-state index contributed by atoms with van der Waals surface area (Å²) in [7, 11) is 1.51. The zero-order valence-electron chi connectivity index (χ0n) is 21.8. The first-order chi connectivity index (χ1) is 16.6. The molecule has 0 aliphatic carbocycles. The van der Waals surface area contributed by atoms with E-state index in [1.54, 1.807) is 29.2 Å². The normalized spacial score (nSPS) is 17.9. The molecular weight excluding hydrogens is 440 g/mol. The van der Waals surface area contributed by atoms with E-state index < -0.39 is 17.7 Å². The van der Waals surface area contributed by atoms with Gasteiger partial charge in [0, 0.05) is 6.54 Å². The van der Waals surface area contributed by atoms with Crippen molar-refractivity contribution in [2.45, 2.75) is 52.5 Å². The van der Waals surface area contributed by atoms with E-state index in [-0.39, 0.29) is 16.7 Å². The van der Waals surface area contributed by atoms with Crippen LogP contribution in [-0.4, -0.2) is 59.9 Å². The van der Waals surface area contributed by atoms with Crippen molar-refractivity contribution in [1.82, 2.24) is 9.80 Å². The van der Waals surface area contributed by atoms with Gasteiger partial charge < -0.3 is 19.6 Å². The highest BCUT2D eigenvalue weighted by atomic mass is 16.5. The molecule has 0 aromatic heterocycles. The van der Waals surface area contributed by atoms with Crippen molar-refractivity contribution in [3.63, 3.8) is 0 Å². The number of benzene rings is 2. The standard InChI is InChI=1S/C29H38N2O4/c1-7-30(8-2)18-11-19-31-25(20-14-16-21(17-15-20)29(3,4)5)24(27(33)28(31)34)26(32)22-12-9-10-13-23(22)35-6/h9-10,12-17,25,32H,7-8,11,18-19H2,1-6H3/b26-24+. The molecule has 1 aliphatic heterocycles. The van der Waals surface area contributed by atoms with Gasteiger partial charge in [-0.2, -0.15) is 0 Å². The minimum absolute atomic E-state index is 0.0263. The molecule has 35 heavy (non-hydrogen) atoms. The lowest BCUT2D eigenvalue weighted by atomic mass is 9.85. The minimum Gasteiger partial charge on any atom is -0.507 e. The minimum atomic E-state index is -0.666. The lowest BCUT2D eigenvalue weighted by Gasteiger charge is -2.27. The number of methoxy groups -OCH3 is 1. The zero-order chi connectivity index (χ0) is 25.8. The smallest absolute Gasteiger partial charge is 0.295 e. The molecule has 2 aromatic carbocycles. The van der Waals surface area contributed by atoms with Crippen LogP contribution in [0.2, 0.25) is 0 Å². The number of carbonyl (C=O) groups is 2. The molecule has 3 rings (SSSR count). The molecule has 188 valence electrons. The summed E-state index contributed by atoms with van der Waals surface area (Å²) in [6.45, 7) is 13.8. The fourth-order valence-electron chi connectivity index (χ4n) is 4.61. The van der Waals surface area contributed by atoms with Gasteiger partial charge in [0.05, 0.1) is 24.3 Å². The van der Waals surface area contributed by atoms with Gasteiger partial charge in [-0.1, -0.05) is 71.0 Å². The molecule has 6 nitrogen and oxygen atoms in total. The predicted octanol–water partition coefficient (Wildman–Crippen LogP) is 5.15. The van der Waals surface area contributed by atoms with Crippen molar-refractivity contribution >= 4 is 17.4 Å². The molecule has 0 spiro atoms. The van der Waals surface area contributed by atoms with E-state index in [4.69, 9.17) is 4.74 Å². The van der Waals surface area contributed by atoms with E-state index >= 15 is 0 Å². The highest BCUT2D eigenvalue weighted by Crippen LogP contribution is 2.41. The summed E-state index contributed by atoms with van der Waals surface area (Å²) in [5.41, 5.74) is 2.43. The molecule has 1 N–H and O–H groups in total. The number of hydrogen-bond donors (Lipinski definition) is 1. The first-order valence-electron chi connectivity index (χ1n) is 12.4. The van der Waals surface area contributed by atoms with Crippen molar-refractivity contribution in [2.75, 3.05) is 33.3 Å². The van der Waals surface area contributed by atoms with E-state index in [2.05, 4.69) is 39.5 Å². The molecule has 0 saturated carbocycles. The Hall–Kier alpha value is -3.12. The van der Waals surface area contributed by atoms with Crippen molar-refractivity contribution in [1.29, 1.82) is 0 Å². The number of amides is 1. The summed E-state index contributed by atoms with van der Waals surface area (Å²) < 4.78 is 5.42. The van der Waals surface area contributed by atoms with Crippen LogP contribution in [0.3, 0.4) is 0 Å². The second kappa shape index (κ2) is 11.1. The summed E-state index contributed by atoms with van der Waals surface area (Å²) >= 11 is 0. The van der Waals surface area contributed by atoms with Gasteiger partial charge in [0.2, 0.25) is 0 Å². The lowest BCUT2D eigenvalue weighted by Crippen LogP contribution is -2.33. The molecule has 1 atom stereocenters. The molecule has 0 radical (unpaired) electrons. The molecule has 1 unspecified atom stereocenters. The fraction of sp³-hybridized carbons (Fsp3) is 0.448. The quantitative estimate of drug-likeness (QED) is 0.307. The molecule has 1 amide bonds. The summed E-state index contributed by atoms with van der Waals surface area (Å²) in [6.07, 6.45) is 0.736. The third-order valence-electron chi connectivity index (χ3n) is 6.76. The van der Waals surface area contributed by atoms with Crippen LogP contribution in [0, 0.1) is 0 Å². The van der Waals surface area contributed by atoms with Crippen molar-refractivity contribution < 1.29 is 19.4 Å². The Morgan fingerprint density at radius 1 is 1.03 bits per heavy atom. The van der Waals surface area contributed by atoms with Gasteiger partial charge in [-0.15, -0.1) is 0 Å². The lowest BCUT2D eigenvalue weighted by molar-refractivity contribution is -0.140. The van der Waals surface area contributed by atoms with E-state index in [1.165, 1.54) is 7.11 Å². The van der Waals surface area contributed by atoms with Gasteiger partial charge in [0.1, 0.15) is 11.5 Å². The summed E-state index contributed by atoms with van der Waals surface area (Å²) in [5, 5.41) is 11.3. The number of carbonyl (C=O) groups excluding carboxylic acids is 2. The number of likely N-dealkylation sites (tertiary alicyclic amines) is 1. The highest BCUT2D eigenvalue weighted by Gasteiger charge is 2.46. The number of ketones is 1. The summed E-state index contributed by atoms with van der Waals surface area (Å²) in [4.78, 5) is 30.4. The van der Waals surface area contributed by atoms with E-state index in [0.717, 1.165) is 37.2 Å². The highest BCUT2D eigenvalue weighted by molar-refractivity contribution is 6.46. The molecule has 1 aliphatic rings. The topological polar surface area (TPSA) is 70.1 Å². The van der Waals surface area contributed by atoms with E-state index in [1.807, 2.05) is 24.3 Å². The fourth-order valence-corrected chi connectivity index (χ4v) is 4.61. The van der Waals surface area contributed by atoms with E-state index in [9.17, 15) is 14.7 Å². The Bertz CT molecular complexity index is 1080. The van der Waals surface area contributed by atoms with Gasteiger partial charge in [-0.25, -0.2) is 0 Å². The first kappa shape index (κ1) is 26.5. The number of Topliss-reactive ketones (excluding diaryl/α,β-unsaturated/α-hetero) is 1. The van der Waals surface area contributed by atoms with Crippen LogP contribution >= 0.6 is 0 Å². The number of para-hydroxylation sites is 1. The molecular formula is C29H38N2O4. The van der Waals surface area contributed by atoms with Gasteiger partial charge in [0.25, 0.3) is 11.7 Å². The second-order valence-corrected chi connectivity index (χ2v) is 9.95. The number of aliphatic hydroxyl groups excluding tert-OH is 1. The predicted molar refractivity (Wildman–Crippen MR) is 140 cm³/mol. The molecule has 2 aromatic rings. The summed E-state index contributed by atoms with van der Waals surface area (Å²) in [5.74, 6) is -1.01. The molecule has 1 saturated heterocycles. The maximum atomic E-state index is 13.3. The largest absolute Gasteiger partial charge is 0.507 e. The number of nitrogens with zero attached hydrogens (tertiary/aromatic N) is 2. The molecule has 1 heterocycles. The average Bonchev–Trinajstić information content (AvgIpc) is 3.10. The van der Waals surface area contributed by atoms with Crippen LogP contribution in [0.1, 0.15) is 63.8 Å². The van der Waals surface area contributed by atoms with Crippen LogP contribution in [-0.2, 0) is 15.0 Å². The average molecular weight is 479 g/mol. The van der Waals surface area contributed by atoms with Gasteiger partial charge >= 0.3 is 0 Å². The van der Waals surface area contributed by atoms with Crippen LogP contribution in [0.4, 0.5) is 0 Å². The maximum absolute atomic E-state index is 13.3. The molecule has 6 heteroatoms. The molecule has 0 bridgehead atoms. The Balaban J connectivity index is 2.09. The number of aliphatic hydroxyl groups is 1. The Morgan fingerprint density at radius 3 is 2.23 bits per heavy atom. The molecule has 1 fully saturated rings. The van der Waals surface area contributed by atoms with Gasteiger partial charge in [0.15, 0.2) is 0 Å². The Labute approximate surface area is 209 Å². The van der Waals surface area contributed by atoms with Crippen LogP contribution < -0.4 is 4.74 Å². The monoisotopic (exact) mass is 478 g/mol. The maximum Gasteiger partial charge on any atom is 0.295 e. The zero-order valence-corrected chi connectivity index (χ0v) is 21.8. The van der Waals surface area contributed by atoms with Crippen LogP contribution in [0.5, 0.6) is 5.75 Å². The van der Waals surface area contributed by atoms with Crippen molar-refractivity contribution in [3.8, 4) is 5.75 Å². The van der Waals surface area contributed by atoms with Crippen molar-refractivity contribution in [3.05, 3.63) is 70.8 Å². The summed E-state index contributed by atoms with van der Waals surface area (Å²) in [6, 6.07) is 14.3. The third-order valence-corrected chi connectivity index (χ3v) is 6.76. The Kier molecular flexibility index (Phi) is 8.39. The van der Waals surface area contributed by atoms with Crippen LogP contribution in [0.25, 0.3) is 5.76 Å². The Morgan fingerprint density at radius 2 is 1.66 bits per heavy atom.